The fraction of sp³-hybridized carbons (Fsp3) is 0.0800. The maximum Gasteiger partial charge on any atom is 0.343 e. The number of esters is 1. The van der Waals surface area contributed by atoms with Crippen LogP contribution in [0, 0.1) is 12.7 Å². The normalized spacial score (nSPS) is 14.6. The third-order valence-corrected chi connectivity index (χ3v) is 6.22. The second kappa shape index (κ2) is 9.56. The van der Waals surface area contributed by atoms with Crippen LogP contribution < -0.4 is 14.4 Å². The van der Waals surface area contributed by atoms with Crippen LogP contribution in [0.1, 0.15) is 21.5 Å². The number of amides is 1. The number of rotatable bonds is 5. The van der Waals surface area contributed by atoms with Crippen LogP contribution in [0.3, 0.4) is 0 Å². The van der Waals surface area contributed by atoms with Crippen LogP contribution in [-0.4, -0.2) is 23.3 Å². The highest BCUT2D eigenvalue weighted by Gasteiger charge is 2.34. The molecule has 0 aliphatic carbocycles. The van der Waals surface area contributed by atoms with E-state index in [-0.39, 0.29) is 17.2 Å². The van der Waals surface area contributed by atoms with E-state index < -0.39 is 11.8 Å². The van der Waals surface area contributed by atoms with Crippen molar-refractivity contribution in [2.24, 2.45) is 0 Å². The number of methoxy groups -OCH3 is 1. The van der Waals surface area contributed by atoms with E-state index in [0.717, 1.165) is 11.3 Å². The van der Waals surface area contributed by atoms with Gasteiger partial charge in [0.25, 0.3) is 5.91 Å². The molecule has 3 aromatic carbocycles. The lowest BCUT2D eigenvalue weighted by molar-refractivity contribution is -0.113. The first-order chi connectivity index (χ1) is 15.9. The van der Waals surface area contributed by atoms with Gasteiger partial charge in [-0.25, -0.2) is 9.18 Å². The van der Waals surface area contributed by atoms with Crippen LogP contribution >= 0.6 is 24.0 Å². The molecular formula is C25H18FNO4S2. The predicted octanol–water partition coefficient (Wildman–Crippen LogP) is 5.77. The Morgan fingerprint density at radius 2 is 1.79 bits per heavy atom. The van der Waals surface area contributed by atoms with E-state index in [9.17, 15) is 14.0 Å². The van der Waals surface area contributed by atoms with Crippen molar-refractivity contribution in [1.82, 2.24) is 0 Å². The van der Waals surface area contributed by atoms with Crippen LogP contribution in [0.15, 0.2) is 71.6 Å². The summed E-state index contributed by atoms with van der Waals surface area (Å²) in [6.45, 7) is 1.93. The summed E-state index contributed by atoms with van der Waals surface area (Å²) in [4.78, 5) is 27.4. The van der Waals surface area contributed by atoms with Crippen molar-refractivity contribution in [1.29, 1.82) is 0 Å². The molecule has 0 N–H and O–H groups in total. The summed E-state index contributed by atoms with van der Waals surface area (Å²) < 4.78 is 24.3. The fourth-order valence-corrected chi connectivity index (χ4v) is 4.53. The average molecular weight is 480 g/mol. The van der Waals surface area contributed by atoms with Gasteiger partial charge in [-0.3, -0.25) is 9.69 Å². The molecule has 0 spiro atoms. The Morgan fingerprint density at radius 1 is 1.06 bits per heavy atom. The molecular weight excluding hydrogens is 461 g/mol. The number of para-hydroxylation sites is 1. The number of hydrogen-bond acceptors (Lipinski definition) is 6. The molecule has 4 rings (SSSR count). The van der Waals surface area contributed by atoms with Gasteiger partial charge < -0.3 is 9.47 Å². The van der Waals surface area contributed by atoms with Crippen molar-refractivity contribution in [3.63, 3.8) is 0 Å². The molecule has 1 amide bonds. The number of hydrogen-bond donors (Lipinski definition) is 0. The summed E-state index contributed by atoms with van der Waals surface area (Å²) in [6, 6.07) is 17.5. The highest BCUT2D eigenvalue weighted by atomic mass is 32.2. The van der Waals surface area contributed by atoms with Crippen molar-refractivity contribution in [2.75, 3.05) is 12.0 Å². The average Bonchev–Trinajstić information content (AvgIpc) is 3.08. The number of carbonyl (C=O) groups is 2. The Hall–Kier alpha value is -3.49. The number of halogens is 1. The van der Waals surface area contributed by atoms with Crippen molar-refractivity contribution in [3.8, 4) is 11.5 Å². The van der Waals surface area contributed by atoms with Crippen LogP contribution in [0.2, 0.25) is 0 Å². The summed E-state index contributed by atoms with van der Waals surface area (Å²) in [5, 5.41) is 0. The summed E-state index contributed by atoms with van der Waals surface area (Å²) in [7, 11) is 1.45. The molecule has 0 saturated carbocycles. The van der Waals surface area contributed by atoms with E-state index in [1.807, 2.05) is 31.2 Å². The molecule has 0 radical (unpaired) electrons. The largest absolute Gasteiger partial charge is 0.493 e. The van der Waals surface area contributed by atoms with Gasteiger partial charge in [-0.1, -0.05) is 48.2 Å². The number of ether oxygens (including phenoxy) is 2. The van der Waals surface area contributed by atoms with Gasteiger partial charge in [0.05, 0.1) is 23.3 Å². The second-order valence-corrected chi connectivity index (χ2v) is 8.79. The van der Waals surface area contributed by atoms with Crippen LogP contribution in [0.5, 0.6) is 11.5 Å². The lowest BCUT2D eigenvalue weighted by atomic mass is 10.1. The zero-order valence-electron chi connectivity index (χ0n) is 17.7. The Morgan fingerprint density at radius 3 is 2.48 bits per heavy atom. The lowest BCUT2D eigenvalue weighted by Crippen LogP contribution is -2.28. The molecule has 8 heteroatoms. The number of benzene rings is 3. The van der Waals surface area contributed by atoms with Gasteiger partial charge in [0.2, 0.25) is 0 Å². The van der Waals surface area contributed by atoms with Gasteiger partial charge in [0.15, 0.2) is 15.8 Å². The van der Waals surface area contributed by atoms with Gasteiger partial charge in [-0.05, 0) is 66.6 Å². The third kappa shape index (κ3) is 4.81. The van der Waals surface area contributed by atoms with Crippen LogP contribution in [-0.2, 0) is 4.79 Å². The van der Waals surface area contributed by atoms with Gasteiger partial charge in [-0.2, -0.15) is 0 Å². The Balaban J connectivity index is 1.57. The second-order valence-electron chi connectivity index (χ2n) is 7.11. The summed E-state index contributed by atoms with van der Waals surface area (Å²) in [5.41, 5.74) is 2.59. The summed E-state index contributed by atoms with van der Waals surface area (Å²) >= 11 is 6.66. The maximum atomic E-state index is 13.1. The van der Waals surface area contributed by atoms with Crippen molar-refractivity contribution >= 4 is 51.9 Å². The monoisotopic (exact) mass is 479 g/mol. The first kappa shape index (κ1) is 22.7. The van der Waals surface area contributed by atoms with Crippen LogP contribution in [0.25, 0.3) is 6.08 Å². The van der Waals surface area contributed by atoms with E-state index in [0.29, 0.717) is 20.5 Å². The third-order valence-electron chi connectivity index (χ3n) is 4.92. The van der Waals surface area contributed by atoms with E-state index in [1.54, 1.807) is 24.3 Å². The lowest BCUT2D eigenvalue weighted by Gasteiger charge is -2.16. The topological polar surface area (TPSA) is 55.8 Å². The number of nitrogens with zero attached hydrogens (tertiary/aromatic N) is 1. The maximum absolute atomic E-state index is 13.1. The molecule has 0 aromatic heterocycles. The summed E-state index contributed by atoms with van der Waals surface area (Å²) in [6.07, 6.45) is 1.71. The van der Waals surface area contributed by atoms with E-state index in [2.05, 4.69) is 0 Å². The fourth-order valence-electron chi connectivity index (χ4n) is 3.24. The SMILES string of the molecule is COc1cc(C=C2SC(=S)N(c3ccccc3C)C2=O)ccc1OC(=O)c1ccc(F)cc1. The molecule has 3 aromatic rings. The number of thioether (sulfide) groups is 1. The van der Waals surface area contributed by atoms with Gasteiger partial charge >= 0.3 is 5.97 Å². The molecule has 1 aliphatic rings. The number of thiocarbonyl (C=S) groups is 1. The highest BCUT2D eigenvalue weighted by Crippen LogP contribution is 2.38. The molecule has 0 unspecified atom stereocenters. The minimum Gasteiger partial charge on any atom is -0.493 e. The first-order valence-electron chi connectivity index (χ1n) is 9.87. The van der Waals surface area contributed by atoms with Gasteiger partial charge in [0.1, 0.15) is 5.82 Å². The molecule has 0 bridgehead atoms. The number of anilines is 1. The Kier molecular flexibility index (Phi) is 6.57. The quantitative estimate of drug-likeness (QED) is 0.201. The minimum absolute atomic E-state index is 0.204. The predicted molar refractivity (Wildman–Crippen MR) is 131 cm³/mol. The van der Waals surface area contributed by atoms with Gasteiger partial charge in [-0.15, -0.1) is 0 Å². The Bertz CT molecular complexity index is 1290. The smallest absolute Gasteiger partial charge is 0.343 e. The first-order valence-corrected chi connectivity index (χ1v) is 11.1. The number of aryl methyl sites for hydroxylation is 1. The standard InChI is InChI=1S/C25H18FNO4S2/c1-15-5-3-4-6-19(15)27-23(28)22(33-25(27)32)14-16-7-12-20(21(13-16)30-2)31-24(29)17-8-10-18(26)11-9-17/h3-14H,1-2H3. The summed E-state index contributed by atoms with van der Waals surface area (Å²) in [5.74, 6) is -0.767. The molecule has 1 aliphatic heterocycles. The number of carbonyl (C=O) groups excluding carboxylic acids is 2. The molecule has 1 saturated heterocycles. The molecule has 5 nitrogen and oxygen atoms in total. The minimum atomic E-state index is -0.639. The van der Waals surface area contributed by atoms with Crippen molar-refractivity contribution in [3.05, 3.63) is 94.1 Å². The van der Waals surface area contributed by atoms with E-state index in [4.69, 9.17) is 21.7 Å². The van der Waals surface area contributed by atoms with Crippen molar-refractivity contribution in [2.45, 2.75) is 6.92 Å². The zero-order chi connectivity index (χ0) is 23.5. The molecule has 0 atom stereocenters. The van der Waals surface area contributed by atoms with Crippen LogP contribution in [0.4, 0.5) is 10.1 Å². The Labute approximate surface area is 199 Å². The van der Waals surface area contributed by atoms with E-state index in [1.165, 1.54) is 48.0 Å². The molecule has 33 heavy (non-hydrogen) atoms. The highest BCUT2D eigenvalue weighted by molar-refractivity contribution is 8.27. The molecule has 1 heterocycles. The molecule has 1 fully saturated rings. The zero-order valence-corrected chi connectivity index (χ0v) is 19.3. The van der Waals surface area contributed by atoms with Crippen molar-refractivity contribution < 1.29 is 23.5 Å². The van der Waals surface area contributed by atoms with Gasteiger partial charge in [0, 0.05) is 0 Å². The molecule has 166 valence electrons. The van der Waals surface area contributed by atoms with E-state index >= 15 is 0 Å².